The van der Waals surface area contributed by atoms with E-state index in [1.54, 1.807) is 12.1 Å². The molecule has 0 unspecified atom stereocenters. The molecule has 3 aromatic rings. The number of alkyl halides is 3. The van der Waals surface area contributed by atoms with Crippen LogP contribution in [0, 0.1) is 12.8 Å². The fourth-order valence-electron chi connectivity index (χ4n) is 3.05. The van der Waals surface area contributed by atoms with Crippen LogP contribution < -0.4 is 15.4 Å². The zero-order valence-corrected chi connectivity index (χ0v) is 19.8. The predicted molar refractivity (Wildman–Crippen MR) is 126 cm³/mol. The molecular weight excluding hydrogens is 501 g/mol. The SMILES string of the molecule is Cc1c(Br)cccc1Nc1cc(-c2cccc(OC(F)(F)F)c2)nc(N[C@@H](CO)C(C)C)n1. The summed E-state index contributed by atoms with van der Waals surface area (Å²) in [5.74, 6) is 0.416. The van der Waals surface area contributed by atoms with Crippen LogP contribution in [0.3, 0.4) is 0 Å². The molecule has 3 N–H and O–H groups in total. The second kappa shape index (κ2) is 10.4. The molecule has 0 aliphatic heterocycles. The number of nitrogens with one attached hydrogen (secondary N) is 2. The number of anilines is 3. The summed E-state index contributed by atoms with van der Waals surface area (Å²) in [5.41, 5.74) is 2.57. The first kappa shape index (κ1) is 24.8. The van der Waals surface area contributed by atoms with Crippen molar-refractivity contribution in [3.8, 4) is 17.0 Å². The van der Waals surface area contributed by atoms with Gasteiger partial charge in [-0.1, -0.05) is 48.0 Å². The molecule has 0 saturated heterocycles. The van der Waals surface area contributed by atoms with E-state index in [4.69, 9.17) is 0 Å². The molecule has 0 aliphatic rings. The lowest BCUT2D eigenvalue weighted by atomic mass is 10.1. The third kappa shape index (κ3) is 6.82. The zero-order chi connectivity index (χ0) is 24.2. The van der Waals surface area contributed by atoms with Gasteiger partial charge in [0.15, 0.2) is 0 Å². The van der Waals surface area contributed by atoms with E-state index in [1.165, 1.54) is 18.2 Å². The monoisotopic (exact) mass is 524 g/mol. The van der Waals surface area contributed by atoms with Gasteiger partial charge in [-0.25, -0.2) is 4.98 Å². The lowest BCUT2D eigenvalue weighted by Gasteiger charge is -2.21. The summed E-state index contributed by atoms with van der Waals surface area (Å²) in [7, 11) is 0. The molecule has 176 valence electrons. The lowest BCUT2D eigenvalue weighted by molar-refractivity contribution is -0.274. The Kier molecular flexibility index (Phi) is 7.80. The molecule has 1 aromatic heterocycles. The van der Waals surface area contributed by atoms with Crippen LogP contribution in [-0.2, 0) is 0 Å². The molecule has 0 bridgehead atoms. The zero-order valence-electron chi connectivity index (χ0n) is 18.2. The molecule has 2 aromatic carbocycles. The van der Waals surface area contributed by atoms with Crippen LogP contribution >= 0.6 is 15.9 Å². The number of aliphatic hydroxyl groups excluding tert-OH is 1. The second-order valence-corrected chi connectivity index (χ2v) is 8.61. The number of benzene rings is 2. The minimum absolute atomic E-state index is 0.0921. The van der Waals surface area contributed by atoms with Crippen molar-refractivity contribution in [2.75, 3.05) is 17.2 Å². The van der Waals surface area contributed by atoms with Gasteiger partial charge in [-0.05, 0) is 42.7 Å². The fourth-order valence-corrected chi connectivity index (χ4v) is 3.41. The highest BCUT2D eigenvalue weighted by Crippen LogP contribution is 2.31. The highest BCUT2D eigenvalue weighted by Gasteiger charge is 2.31. The van der Waals surface area contributed by atoms with Crippen molar-refractivity contribution >= 4 is 33.4 Å². The van der Waals surface area contributed by atoms with Gasteiger partial charge in [-0.3, -0.25) is 0 Å². The van der Waals surface area contributed by atoms with Crippen LogP contribution in [0.2, 0.25) is 0 Å². The Hall–Kier alpha value is -2.85. The third-order valence-corrected chi connectivity index (χ3v) is 5.79. The Labute approximate surface area is 198 Å². The maximum atomic E-state index is 12.7. The molecule has 3 rings (SSSR count). The number of nitrogens with zero attached hydrogens (tertiary/aromatic N) is 2. The lowest BCUT2D eigenvalue weighted by Crippen LogP contribution is -2.30. The van der Waals surface area contributed by atoms with Gasteiger partial charge in [-0.2, -0.15) is 4.98 Å². The molecular formula is C23H24BrF3N4O2. The summed E-state index contributed by atoms with van der Waals surface area (Å²) in [6.07, 6.45) is -4.80. The van der Waals surface area contributed by atoms with Crippen molar-refractivity contribution in [1.29, 1.82) is 0 Å². The second-order valence-electron chi connectivity index (χ2n) is 7.75. The average molecular weight is 525 g/mol. The molecule has 1 heterocycles. The number of aromatic nitrogens is 2. The summed E-state index contributed by atoms with van der Waals surface area (Å²) >= 11 is 3.50. The summed E-state index contributed by atoms with van der Waals surface area (Å²) in [4.78, 5) is 8.98. The van der Waals surface area contributed by atoms with Crippen molar-refractivity contribution in [2.45, 2.75) is 33.2 Å². The average Bonchev–Trinajstić information content (AvgIpc) is 2.74. The predicted octanol–water partition coefficient (Wildman–Crippen LogP) is 6.29. The van der Waals surface area contributed by atoms with Crippen LogP contribution in [0.5, 0.6) is 5.75 Å². The Bertz CT molecular complexity index is 1110. The maximum absolute atomic E-state index is 12.7. The van der Waals surface area contributed by atoms with Crippen molar-refractivity contribution in [3.63, 3.8) is 0 Å². The third-order valence-electron chi connectivity index (χ3n) is 4.94. The van der Waals surface area contributed by atoms with Gasteiger partial charge >= 0.3 is 6.36 Å². The van der Waals surface area contributed by atoms with E-state index in [2.05, 4.69) is 41.3 Å². The van der Waals surface area contributed by atoms with Gasteiger partial charge in [0.2, 0.25) is 5.95 Å². The molecule has 0 aliphatic carbocycles. The summed E-state index contributed by atoms with van der Waals surface area (Å²) in [5, 5.41) is 16.1. The van der Waals surface area contributed by atoms with E-state index in [0.717, 1.165) is 15.7 Å². The fraction of sp³-hybridized carbons (Fsp3) is 0.304. The summed E-state index contributed by atoms with van der Waals surface area (Å²) < 4.78 is 43.0. The van der Waals surface area contributed by atoms with E-state index in [1.807, 2.05) is 39.0 Å². The molecule has 0 saturated carbocycles. The molecule has 6 nitrogen and oxygen atoms in total. The molecule has 0 amide bonds. The van der Waals surface area contributed by atoms with Gasteiger partial charge in [0.25, 0.3) is 0 Å². The Morgan fingerprint density at radius 2 is 1.82 bits per heavy atom. The van der Waals surface area contributed by atoms with Crippen LogP contribution in [-0.4, -0.2) is 34.1 Å². The van der Waals surface area contributed by atoms with E-state index in [9.17, 15) is 18.3 Å². The molecule has 10 heteroatoms. The number of ether oxygens (including phenoxy) is 1. The smallest absolute Gasteiger partial charge is 0.406 e. The standard InChI is InChI=1S/C23H24BrF3N4O2/c1-13(2)20(12-32)30-22-29-19(15-6-4-7-16(10-15)33-23(25,26)27)11-21(31-22)28-18-9-5-8-17(24)14(18)3/h4-11,13,20,32H,12H2,1-3H3,(H2,28,29,30,31)/t20-/m0/s1. The van der Waals surface area contributed by atoms with Crippen LogP contribution in [0.15, 0.2) is 53.0 Å². The van der Waals surface area contributed by atoms with Crippen LogP contribution in [0.1, 0.15) is 19.4 Å². The highest BCUT2D eigenvalue weighted by atomic mass is 79.9. The van der Waals surface area contributed by atoms with E-state index in [0.29, 0.717) is 17.1 Å². The van der Waals surface area contributed by atoms with Crippen LogP contribution in [0.4, 0.5) is 30.6 Å². The van der Waals surface area contributed by atoms with Crippen molar-refractivity contribution < 1.29 is 23.0 Å². The summed E-state index contributed by atoms with van der Waals surface area (Å²) in [6, 6.07) is 12.6. The molecule has 0 radical (unpaired) electrons. The van der Waals surface area contributed by atoms with Gasteiger partial charge in [0, 0.05) is 21.8 Å². The minimum atomic E-state index is -4.80. The number of hydrogen-bond acceptors (Lipinski definition) is 6. The molecule has 1 atom stereocenters. The molecule has 0 spiro atoms. The highest BCUT2D eigenvalue weighted by molar-refractivity contribution is 9.10. The molecule has 0 fully saturated rings. The van der Waals surface area contributed by atoms with Crippen molar-refractivity contribution in [1.82, 2.24) is 9.97 Å². The van der Waals surface area contributed by atoms with Gasteiger partial charge in [0.1, 0.15) is 11.6 Å². The van der Waals surface area contributed by atoms with E-state index < -0.39 is 6.36 Å². The first-order valence-electron chi connectivity index (χ1n) is 10.2. The Morgan fingerprint density at radius 3 is 2.48 bits per heavy atom. The molecule has 33 heavy (non-hydrogen) atoms. The Balaban J connectivity index is 2.03. The van der Waals surface area contributed by atoms with Gasteiger partial charge in [0.05, 0.1) is 18.3 Å². The first-order chi connectivity index (χ1) is 15.6. The number of hydrogen-bond donors (Lipinski definition) is 3. The van der Waals surface area contributed by atoms with Crippen molar-refractivity contribution in [3.05, 3.63) is 58.6 Å². The normalized spacial score (nSPS) is 12.5. The van der Waals surface area contributed by atoms with Crippen LogP contribution in [0.25, 0.3) is 11.3 Å². The van der Waals surface area contributed by atoms with Gasteiger partial charge in [-0.15, -0.1) is 13.2 Å². The largest absolute Gasteiger partial charge is 0.573 e. The number of rotatable bonds is 8. The quantitative estimate of drug-likeness (QED) is 0.321. The van der Waals surface area contributed by atoms with E-state index in [-0.39, 0.29) is 30.3 Å². The van der Waals surface area contributed by atoms with E-state index >= 15 is 0 Å². The minimum Gasteiger partial charge on any atom is -0.406 e. The maximum Gasteiger partial charge on any atom is 0.573 e. The number of halogens is 4. The van der Waals surface area contributed by atoms with Gasteiger partial charge < -0.3 is 20.5 Å². The van der Waals surface area contributed by atoms with Crippen molar-refractivity contribution in [2.24, 2.45) is 5.92 Å². The Morgan fingerprint density at radius 1 is 1.09 bits per heavy atom. The first-order valence-corrected chi connectivity index (χ1v) is 11.0. The topological polar surface area (TPSA) is 79.3 Å². The summed E-state index contributed by atoms with van der Waals surface area (Å²) in [6.45, 7) is 5.69. The number of aliphatic hydroxyl groups is 1.